The van der Waals surface area contributed by atoms with Crippen molar-refractivity contribution in [3.05, 3.63) is 24.3 Å². The van der Waals surface area contributed by atoms with Gasteiger partial charge in [0.2, 0.25) is 21.8 Å². The molecule has 3 heterocycles. The fourth-order valence-electron chi connectivity index (χ4n) is 7.57. The maximum Gasteiger partial charge on any atom is 0.408 e. The Hall–Kier alpha value is -3.88. The number of para-hydroxylation sites is 2. The normalized spacial score (nSPS) is 28.1. The van der Waals surface area contributed by atoms with Crippen LogP contribution in [0.1, 0.15) is 118 Å². The molecule has 52 heavy (non-hydrogen) atoms. The molecule has 2 saturated heterocycles. The predicted molar refractivity (Wildman–Crippen MR) is 194 cm³/mol. The van der Waals surface area contributed by atoms with Gasteiger partial charge in [0.25, 0.3) is 11.9 Å². The molecule has 4 amide bonds. The minimum atomic E-state index is -3.85. The van der Waals surface area contributed by atoms with Gasteiger partial charge < -0.3 is 25.0 Å². The standard InChI is InChI=1S/C37H54N6O8S/c1-6-23(2)43-29-17-13-12-15-27(29)38-34(43)50-25-20-30-31(44)40-37(33(46)41-52(48,49)26-18-19-26)21-24(37)14-10-8-7-9-11-16-28(32(45)42(30)22-25)39-35(47)51-36(3,4)5/h12-13,15,17,23-26,28,30H,6-11,14,16,18-22H2,1-5H3,(H,39,47)(H,40,44)(H,41,46)/t23?,24-,25-,28+,30+,37-/m1/s1. The molecule has 286 valence electrons. The lowest BCUT2D eigenvalue weighted by Crippen LogP contribution is -2.58. The van der Waals surface area contributed by atoms with Crippen LogP contribution in [0.25, 0.3) is 11.0 Å². The molecule has 1 unspecified atom stereocenters. The van der Waals surface area contributed by atoms with Crippen LogP contribution in [0.5, 0.6) is 6.01 Å². The lowest BCUT2D eigenvalue weighted by atomic mass is 10.0. The van der Waals surface area contributed by atoms with Gasteiger partial charge in [-0.25, -0.2) is 13.2 Å². The largest absolute Gasteiger partial charge is 0.459 e. The number of hydrogen-bond acceptors (Lipinski definition) is 9. The Morgan fingerprint density at radius 1 is 1.06 bits per heavy atom. The van der Waals surface area contributed by atoms with Crippen LogP contribution in [0, 0.1) is 5.92 Å². The first-order chi connectivity index (χ1) is 24.6. The monoisotopic (exact) mass is 742 g/mol. The summed E-state index contributed by atoms with van der Waals surface area (Å²) in [6.45, 7) is 9.41. The van der Waals surface area contributed by atoms with E-state index in [0.717, 1.165) is 43.1 Å². The van der Waals surface area contributed by atoms with E-state index in [1.54, 1.807) is 20.8 Å². The average Bonchev–Trinajstić information content (AvgIpc) is 3.97. The second-order valence-corrected chi connectivity index (χ2v) is 18.0. The van der Waals surface area contributed by atoms with E-state index in [9.17, 15) is 27.6 Å². The van der Waals surface area contributed by atoms with E-state index < -0.39 is 68.4 Å². The number of benzene rings is 1. The second kappa shape index (κ2) is 14.9. The smallest absolute Gasteiger partial charge is 0.408 e. The first-order valence-electron chi connectivity index (χ1n) is 18.9. The van der Waals surface area contributed by atoms with E-state index in [2.05, 4.69) is 29.2 Å². The highest BCUT2D eigenvalue weighted by Gasteiger charge is 2.62. The van der Waals surface area contributed by atoms with Gasteiger partial charge in [0, 0.05) is 12.5 Å². The Morgan fingerprint density at radius 3 is 2.44 bits per heavy atom. The first-order valence-corrected chi connectivity index (χ1v) is 20.5. The number of alkyl carbamates (subject to hydrolysis) is 1. The van der Waals surface area contributed by atoms with E-state index in [4.69, 9.17) is 14.5 Å². The fourth-order valence-corrected chi connectivity index (χ4v) is 8.93. The van der Waals surface area contributed by atoms with Crippen molar-refractivity contribution in [2.75, 3.05) is 6.54 Å². The highest BCUT2D eigenvalue weighted by molar-refractivity contribution is 7.91. The first kappa shape index (κ1) is 37.9. The Balaban J connectivity index is 1.31. The number of sulfonamides is 1. The quantitative estimate of drug-likeness (QED) is 0.352. The molecule has 2 saturated carbocycles. The zero-order chi connectivity index (χ0) is 37.4. The molecule has 6 rings (SSSR count). The SMILES string of the molecule is CCC(C)n1c(O[C@@H]2C[C@H]3C(=O)N[C@]4(C(=O)NS(=O)(=O)C5CC5)C[C@H]4CCCCCCC[C@H](NC(=O)OC(C)(C)C)C(=O)N3C2)nc2ccccc21. The van der Waals surface area contributed by atoms with Crippen molar-refractivity contribution in [1.82, 2.24) is 29.8 Å². The fraction of sp³-hybridized carbons (Fsp3) is 0.703. The van der Waals surface area contributed by atoms with Gasteiger partial charge in [-0.2, -0.15) is 4.98 Å². The molecular formula is C37H54N6O8S. The van der Waals surface area contributed by atoms with E-state index >= 15 is 0 Å². The third kappa shape index (κ3) is 8.34. The van der Waals surface area contributed by atoms with Crippen LogP contribution in [-0.2, 0) is 29.1 Å². The minimum absolute atomic E-state index is 0.0335. The van der Waals surface area contributed by atoms with E-state index in [1.807, 2.05) is 28.8 Å². The summed E-state index contributed by atoms with van der Waals surface area (Å²) in [7, 11) is -3.85. The average molecular weight is 743 g/mol. The summed E-state index contributed by atoms with van der Waals surface area (Å²) < 4.78 is 42.0. The van der Waals surface area contributed by atoms with Gasteiger partial charge in [0.15, 0.2) is 0 Å². The van der Waals surface area contributed by atoms with Gasteiger partial charge >= 0.3 is 6.09 Å². The van der Waals surface area contributed by atoms with Gasteiger partial charge in [0.1, 0.15) is 29.3 Å². The number of hydrogen-bond donors (Lipinski definition) is 3. The molecule has 2 aliphatic heterocycles. The maximum atomic E-state index is 14.5. The van der Waals surface area contributed by atoms with Crippen molar-refractivity contribution in [3.8, 4) is 6.01 Å². The molecule has 6 atom stereocenters. The van der Waals surface area contributed by atoms with Gasteiger partial charge in [0.05, 0.1) is 22.8 Å². The number of nitrogens with zero attached hydrogens (tertiary/aromatic N) is 3. The van der Waals surface area contributed by atoms with Crippen LogP contribution in [-0.4, -0.2) is 87.8 Å². The summed E-state index contributed by atoms with van der Waals surface area (Å²) in [5.74, 6) is -1.98. The zero-order valence-corrected chi connectivity index (χ0v) is 31.8. The van der Waals surface area contributed by atoms with E-state index in [0.29, 0.717) is 44.5 Å². The molecule has 1 aromatic heterocycles. The molecule has 4 fully saturated rings. The Kier molecular flexibility index (Phi) is 10.8. The van der Waals surface area contributed by atoms with E-state index in [-0.39, 0.29) is 24.9 Å². The van der Waals surface area contributed by atoms with Crippen LogP contribution in [0.15, 0.2) is 24.3 Å². The van der Waals surface area contributed by atoms with Crippen molar-refractivity contribution >= 4 is 44.9 Å². The maximum absolute atomic E-state index is 14.5. The number of amides is 4. The zero-order valence-electron chi connectivity index (χ0n) is 31.0. The van der Waals surface area contributed by atoms with Gasteiger partial charge in [-0.05, 0) is 84.3 Å². The van der Waals surface area contributed by atoms with Gasteiger partial charge in [-0.15, -0.1) is 0 Å². The lowest BCUT2D eigenvalue weighted by molar-refractivity contribution is -0.141. The molecule has 2 aliphatic carbocycles. The Bertz CT molecular complexity index is 1790. The number of ether oxygens (including phenoxy) is 2. The van der Waals surface area contributed by atoms with Crippen molar-refractivity contribution in [1.29, 1.82) is 0 Å². The molecule has 4 aliphatic rings. The van der Waals surface area contributed by atoms with Crippen LogP contribution < -0.4 is 20.1 Å². The number of carbonyl (C=O) groups excluding carboxylic acids is 4. The lowest BCUT2D eigenvalue weighted by Gasteiger charge is -2.30. The molecular weight excluding hydrogens is 689 g/mol. The molecule has 14 nitrogen and oxygen atoms in total. The van der Waals surface area contributed by atoms with Crippen molar-refractivity contribution in [3.63, 3.8) is 0 Å². The molecule has 0 spiro atoms. The number of fused-ring (bicyclic) bond motifs is 3. The number of imidazole rings is 1. The third-order valence-electron chi connectivity index (χ3n) is 10.8. The summed E-state index contributed by atoms with van der Waals surface area (Å²) in [6, 6.07) is 6.13. The van der Waals surface area contributed by atoms with Crippen LogP contribution in [0.4, 0.5) is 4.79 Å². The molecule has 0 bridgehead atoms. The highest BCUT2D eigenvalue weighted by Crippen LogP contribution is 2.48. The van der Waals surface area contributed by atoms with Crippen molar-refractivity contribution in [2.24, 2.45) is 5.92 Å². The summed E-state index contributed by atoms with van der Waals surface area (Å²) in [5.41, 5.74) is -0.518. The van der Waals surface area contributed by atoms with Crippen LogP contribution in [0.2, 0.25) is 0 Å². The second-order valence-electron chi connectivity index (χ2n) is 16.1. The third-order valence-corrected chi connectivity index (χ3v) is 12.6. The molecule has 2 aromatic rings. The summed E-state index contributed by atoms with van der Waals surface area (Å²) in [4.78, 5) is 61.8. The molecule has 3 N–H and O–H groups in total. The van der Waals surface area contributed by atoms with Gasteiger partial charge in [-0.3, -0.25) is 23.7 Å². The van der Waals surface area contributed by atoms with E-state index in [1.165, 1.54) is 4.90 Å². The Morgan fingerprint density at radius 2 is 1.75 bits per heavy atom. The summed E-state index contributed by atoms with van der Waals surface area (Å²) >= 11 is 0. The Labute approximate surface area is 306 Å². The topological polar surface area (TPSA) is 178 Å². The van der Waals surface area contributed by atoms with Crippen molar-refractivity contribution in [2.45, 2.75) is 152 Å². The predicted octanol–water partition coefficient (Wildman–Crippen LogP) is 4.48. The number of rotatable bonds is 8. The molecule has 1 aromatic carbocycles. The molecule has 15 heteroatoms. The van der Waals surface area contributed by atoms with Gasteiger partial charge in [-0.1, -0.05) is 51.2 Å². The van der Waals surface area contributed by atoms with Crippen molar-refractivity contribution < 1.29 is 37.1 Å². The van der Waals surface area contributed by atoms with Crippen LogP contribution >= 0.6 is 0 Å². The summed E-state index contributed by atoms with van der Waals surface area (Å²) in [5, 5.41) is 5.12. The number of aromatic nitrogens is 2. The number of carbonyl (C=O) groups is 4. The van der Waals surface area contributed by atoms with Crippen LogP contribution in [0.3, 0.4) is 0 Å². The highest BCUT2D eigenvalue weighted by atomic mass is 32.2. The number of nitrogens with one attached hydrogen (secondary N) is 3. The summed E-state index contributed by atoms with van der Waals surface area (Å²) in [6.07, 6.45) is 5.94. The molecule has 0 radical (unpaired) electrons. The minimum Gasteiger partial charge on any atom is -0.459 e.